The highest BCUT2D eigenvalue weighted by molar-refractivity contribution is 5.27. The third-order valence-electron chi connectivity index (χ3n) is 2.99. The van der Waals surface area contributed by atoms with E-state index in [1.165, 1.54) is 18.2 Å². The quantitative estimate of drug-likeness (QED) is 0.750. The van der Waals surface area contributed by atoms with Gasteiger partial charge in [0.15, 0.2) is 0 Å². The molecule has 0 unspecified atom stereocenters. The fraction of sp³-hybridized carbons (Fsp3) is 0.571. The molecule has 0 spiro atoms. The van der Waals surface area contributed by atoms with Crippen molar-refractivity contribution < 1.29 is 8.78 Å². The van der Waals surface area contributed by atoms with Gasteiger partial charge in [-0.1, -0.05) is 26.8 Å². The van der Waals surface area contributed by atoms with E-state index < -0.39 is 17.0 Å². The lowest BCUT2D eigenvalue weighted by atomic mass is 9.81. The van der Waals surface area contributed by atoms with Crippen LogP contribution in [0.3, 0.4) is 0 Å². The normalized spacial score (nSPS) is 11.8. The highest BCUT2D eigenvalue weighted by Crippen LogP contribution is 2.30. The Morgan fingerprint density at radius 1 is 1.12 bits per heavy atom. The monoisotopic (exact) mass is 241 g/mol. The fourth-order valence-electron chi connectivity index (χ4n) is 1.97. The molecule has 0 aliphatic rings. The topological polar surface area (TPSA) is 12.0 Å². The first-order chi connectivity index (χ1) is 7.99. The second-order valence-corrected chi connectivity index (χ2v) is 4.98. The Bertz CT molecular complexity index is 341. The van der Waals surface area contributed by atoms with Crippen LogP contribution >= 0.6 is 0 Å². The number of benzene rings is 1. The summed E-state index contributed by atoms with van der Waals surface area (Å²) in [6, 6.07) is 4.04. The molecule has 0 atom stereocenters. The lowest BCUT2D eigenvalue weighted by molar-refractivity contribution is 0.409. The summed E-state index contributed by atoms with van der Waals surface area (Å²) < 4.78 is 27.3. The molecule has 0 aliphatic heterocycles. The summed E-state index contributed by atoms with van der Waals surface area (Å²) in [6.07, 6.45) is 1.78. The van der Waals surface area contributed by atoms with Crippen LogP contribution in [0.15, 0.2) is 18.2 Å². The molecule has 0 aromatic heterocycles. The van der Waals surface area contributed by atoms with Crippen LogP contribution in [0.1, 0.15) is 39.2 Å². The molecule has 0 saturated carbocycles. The van der Waals surface area contributed by atoms with Gasteiger partial charge in [-0.15, -0.1) is 0 Å². The molecule has 0 saturated heterocycles. The van der Waals surface area contributed by atoms with Crippen LogP contribution in [0, 0.1) is 11.6 Å². The van der Waals surface area contributed by atoms with Crippen LogP contribution in [0.25, 0.3) is 0 Å². The Labute approximate surface area is 102 Å². The van der Waals surface area contributed by atoms with E-state index in [9.17, 15) is 8.78 Å². The van der Waals surface area contributed by atoms with E-state index in [1.54, 1.807) is 0 Å². The van der Waals surface area contributed by atoms with Gasteiger partial charge in [0, 0.05) is 5.56 Å². The molecule has 96 valence electrons. The molecule has 0 bridgehead atoms. The second kappa shape index (κ2) is 6.10. The van der Waals surface area contributed by atoms with Crippen LogP contribution in [-0.2, 0) is 5.41 Å². The predicted octanol–water partition coefficient (Wildman–Crippen LogP) is 3.63. The van der Waals surface area contributed by atoms with Crippen molar-refractivity contribution in [3.8, 4) is 0 Å². The predicted molar refractivity (Wildman–Crippen MR) is 67.2 cm³/mol. The number of hydrogen-bond donors (Lipinski definition) is 1. The number of nitrogens with one attached hydrogen (secondary N) is 1. The SMILES string of the molecule is CCCNCCC(C)(C)c1c(F)cccc1F. The van der Waals surface area contributed by atoms with Crippen LogP contribution in [0.2, 0.25) is 0 Å². The van der Waals surface area contributed by atoms with Gasteiger partial charge in [0.05, 0.1) is 0 Å². The molecule has 3 heteroatoms. The largest absolute Gasteiger partial charge is 0.317 e. The molecule has 1 nitrogen and oxygen atoms in total. The highest BCUT2D eigenvalue weighted by atomic mass is 19.1. The molecule has 17 heavy (non-hydrogen) atoms. The lowest BCUT2D eigenvalue weighted by Crippen LogP contribution is -2.27. The molecular formula is C14H21F2N. The summed E-state index contributed by atoms with van der Waals surface area (Å²) in [6.45, 7) is 7.56. The van der Waals surface area contributed by atoms with E-state index >= 15 is 0 Å². The molecule has 0 amide bonds. The van der Waals surface area contributed by atoms with Crippen molar-refractivity contribution in [1.82, 2.24) is 5.32 Å². The zero-order valence-corrected chi connectivity index (χ0v) is 10.8. The maximum atomic E-state index is 13.7. The van der Waals surface area contributed by atoms with Gasteiger partial charge < -0.3 is 5.32 Å². The van der Waals surface area contributed by atoms with E-state index in [4.69, 9.17) is 0 Å². The lowest BCUT2D eigenvalue weighted by Gasteiger charge is -2.26. The maximum Gasteiger partial charge on any atom is 0.129 e. The summed E-state index contributed by atoms with van der Waals surface area (Å²) in [5, 5.41) is 3.25. The zero-order valence-electron chi connectivity index (χ0n) is 10.8. The average Bonchev–Trinajstić information content (AvgIpc) is 2.24. The van der Waals surface area contributed by atoms with Gasteiger partial charge in [0.25, 0.3) is 0 Å². The van der Waals surface area contributed by atoms with Gasteiger partial charge in [0.1, 0.15) is 11.6 Å². The van der Waals surface area contributed by atoms with Gasteiger partial charge in [-0.2, -0.15) is 0 Å². The minimum atomic E-state index is -0.490. The molecule has 1 N–H and O–H groups in total. The zero-order chi connectivity index (χ0) is 12.9. The first-order valence-electron chi connectivity index (χ1n) is 6.14. The Hall–Kier alpha value is -0.960. The van der Waals surface area contributed by atoms with Crippen molar-refractivity contribution in [2.24, 2.45) is 0 Å². The Morgan fingerprint density at radius 3 is 2.24 bits per heavy atom. The fourth-order valence-corrected chi connectivity index (χ4v) is 1.97. The number of halogens is 2. The first kappa shape index (κ1) is 14.1. The van der Waals surface area contributed by atoms with Crippen molar-refractivity contribution in [3.63, 3.8) is 0 Å². The van der Waals surface area contributed by atoms with E-state index in [0.29, 0.717) is 6.42 Å². The van der Waals surface area contributed by atoms with Crippen molar-refractivity contribution in [2.45, 2.75) is 39.0 Å². The van der Waals surface area contributed by atoms with E-state index in [-0.39, 0.29) is 5.56 Å². The summed E-state index contributed by atoms with van der Waals surface area (Å²) in [7, 11) is 0. The molecule has 0 heterocycles. The summed E-state index contributed by atoms with van der Waals surface area (Å²) in [5.74, 6) is -0.906. The third kappa shape index (κ3) is 3.77. The molecule has 0 aliphatic carbocycles. The summed E-state index contributed by atoms with van der Waals surface area (Å²) in [4.78, 5) is 0. The molecule has 1 rings (SSSR count). The standard InChI is InChI=1S/C14H21F2N/c1-4-9-17-10-8-14(2,3)13-11(15)6-5-7-12(13)16/h5-7,17H,4,8-10H2,1-3H3. The van der Waals surface area contributed by atoms with E-state index in [0.717, 1.165) is 19.5 Å². The number of hydrogen-bond acceptors (Lipinski definition) is 1. The Balaban J connectivity index is 2.75. The second-order valence-electron chi connectivity index (χ2n) is 4.98. The Morgan fingerprint density at radius 2 is 1.71 bits per heavy atom. The molecule has 1 aromatic carbocycles. The van der Waals surface area contributed by atoms with Gasteiger partial charge in [-0.05, 0) is 43.5 Å². The smallest absolute Gasteiger partial charge is 0.129 e. The van der Waals surface area contributed by atoms with E-state index in [1.807, 2.05) is 13.8 Å². The minimum absolute atomic E-state index is 0.193. The minimum Gasteiger partial charge on any atom is -0.317 e. The van der Waals surface area contributed by atoms with Gasteiger partial charge in [-0.25, -0.2) is 8.78 Å². The van der Waals surface area contributed by atoms with Crippen LogP contribution < -0.4 is 5.32 Å². The van der Waals surface area contributed by atoms with Crippen molar-refractivity contribution >= 4 is 0 Å². The highest BCUT2D eigenvalue weighted by Gasteiger charge is 2.27. The molecule has 1 aromatic rings. The third-order valence-corrected chi connectivity index (χ3v) is 2.99. The summed E-state index contributed by atoms with van der Waals surface area (Å²) in [5.41, 5.74) is -0.297. The summed E-state index contributed by atoms with van der Waals surface area (Å²) >= 11 is 0. The first-order valence-corrected chi connectivity index (χ1v) is 6.14. The average molecular weight is 241 g/mol. The van der Waals surface area contributed by atoms with Gasteiger partial charge >= 0.3 is 0 Å². The van der Waals surface area contributed by atoms with Crippen molar-refractivity contribution in [2.75, 3.05) is 13.1 Å². The van der Waals surface area contributed by atoms with Crippen LogP contribution in [0.5, 0.6) is 0 Å². The molecule has 0 fully saturated rings. The van der Waals surface area contributed by atoms with Crippen molar-refractivity contribution in [1.29, 1.82) is 0 Å². The van der Waals surface area contributed by atoms with Gasteiger partial charge in [-0.3, -0.25) is 0 Å². The number of rotatable bonds is 6. The maximum absolute atomic E-state index is 13.7. The molecular weight excluding hydrogens is 220 g/mol. The van der Waals surface area contributed by atoms with Crippen molar-refractivity contribution in [3.05, 3.63) is 35.4 Å². The van der Waals surface area contributed by atoms with Crippen LogP contribution in [0.4, 0.5) is 8.78 Å². The molecule has 0 radical (unpaired) electrons. The van der Waals surface area contributed by atoms with E-state index in [2.05, 4.69) is 12.2 Å². The van der Waals surface area contributed by atoms with Gasteiger partial charge in [0.2, 0.25) is 0 Å². The van der Waals surface area contributed by atoms with Crippen LogP contribution in [-0.4, -0.2) is 13.1 Å². The Kier molecular flexibility index (Phi) is 5.06.